The number of fused-ring (bicyclic) bond motifs is 1. The van der Waals surface area contributed by atoms with E-state index >= 15 is 0 Å². The van der Waals surface area contributed by atoms with Gasteiger partial charge in [-0.25, -0.2) is 4.98 Å². The van der Waals surface area contributed by atoms with Crippen LogP contribution in [0.25, 0.3) is 10.9 Å². The minimum Gasteiger partial charge on any atom is -0.378 e. The van der Waals surface area contributed by atoms with Gasteiger partial charge in [-0.3, -0.25) is 5.10 Å². The van der Waals surface area contributed by atoms with E-state index in [0.29, 0.717) is 11.8 Å². The van der Waals surface area contributed by atoms with Crippen molar-refractivity contribution in [3.63, 3.8) is 0 Å². The van der Waals surface area contributed by atoms with E-state index in [4.69, 9.17) is 16.3 Å². The van der Waals surface area contributed by atoms with Crippen LogP contribution >= 0.6 is 11.6 Å². The highest BCUT2D eigenvalue weighted by Crippen LogP contribution is 2.18. The topological polar surface area (TPSA) is 50.8 Å². The third kappa shape index (κ3) is 1.50. The van der Waals surface area contributed by atoms with Crippen LogP contribution in [-0.4, -0.2) is 22.3 Å². The summed E-state index contributed by atoms with van der Waals surface area (Å²) in [6.07, 6.45) is 1.71. The summed E-state index contributed by atoms with van der Waals surface area (Å²) in [6, 6.07) is 1.76. The maximum absolute atomic E-state index is 5.81. The molecule has 0 bridgehead atoms. The lowest BCUT2D eigenvalue weighted by molar-refractivity contribution is 0.182. The maximum atomic E-state index is 5.81. The number of hydrogen-bond acceptors (Lipinski definition) is 3. The fourth-order valence-electron chi connectivity index (χ4n) is 1.22. The van der Waals surface area contributed by atoms with Gasteiger partial charge in [0.15, 0.2) is 0 Å². The van der Waals surface area contributed by atoms with Gasteiger partial charge < -0.3 is 4.74 Å². The lowest BCUT2D eigenvalue weighted by atomic mass is 10.2. The molecule has 0 aliphatic rings. The minimum atomic E-state index is 0.430. The van der Waals surface area contributed by atoms with E-state index in [9.17, 15) is 0 Å². The maximum Gasteiger partial charge on any atom is 0.130 e. The molecule has 0 fully saturated rings. The molecule has 1 N–H and O–H groups in total. The SMILES string of the molecule is COCc1nc(Cl)cc2cn[nH]c12. The Morgan fingerprint density at radius 1 is 1.62 bits per heavy atom. The van der Waals surface area contributed by atoms with Crippen molar-refractivity contribution in [2.24, 2.45) is 0 Å². The Morgan fingerprint density at radius 3 is 3.23 bits per heavy atom. The van der Waals surface area contributed by atoms with E-state index in [2.05, 4.69) is 15.2 Å². The van der Waals surface area contributed by atoms with Gasteiger partial charge in [0.25, 0.3) is 0 Å². The van der Waals surface area contributed by atoms with Gasteiger partial charge in [0.2, 0.25) is 0 Å². The molecule has 0 aromatic carbocycles. The quantitative estimate of drug-likeness (QED) is 0.747. The minimum absolute atomic E-state index is 0.430. The Morgan fingerprint density at radius 2 is 2.46 bits per heavy atom. The number of H-pyrrole nitrogens is 1. The second-order valence-corrected chi connectivity index (χ2v) is 3.05. The normalized spacial score (nSPS) is 10.9. The lowest BCUT2D eigenvalue weighted by Gasteiger charge is -2.00. The first-order chi connectivity index (χ1) is 6.31. The second-order valence-electron chi connectivity index (χ2n) is 2.66. The van der Waals surface area contributed by atoms with E-state index in [1.165, 1.54) is 0 Å². The molecule has 0 spiro atoms. The average molecular weight is 198 g/mol. The van der Waals surface area contributed by atoms with Crippen LogP contribution in [0, 0.1) is 0 Å². The first-order valence-electron chi connectivity index (χ1n) is 3.78. The van der Waals surface area contributed by atoms with Crippen LogP contribution in [-0.2, 0) is 11.3 Å². The average Bonchev–Trinajstić information content (AvgIpc) is 2.52. The highest BCUT2D eigenvalue weighted by Gasteiger charge is 2.05. The van der Waals surface area contributed by atoms with Crippen LogP contribution in [0.1, 0.15) is 5.69 Å². The molecule has 0 atom stereocenters. The Kier molecular flexibility index (Phi) is 2.16. The first kappa shape index (κ1) is 8.47. The molecule has 2 heterocycles. The summed E-state index contributed by atoms with van der Waals surface area (Å²) >= 11 is 5.81. The molecule has 0 radical (unpaired) electrons. The van der Waals surface area contributed by atoms with Gasteiger partial charge in [-0.2, -0.15) is 5.10 Å². The summed E-state index contributed by atoms with van der Waals surface area (Å²) in [5, 5.41) is 8.17. The Balaban J connectivity index is 2.63. The van der Waals surface area contributed by atoms with Crippen LogP contribution in [0.2, 0.25) is 5.15 Å². The van der Waals surface area contributed by atoms with Gasteiger partial charge >= 0.3 is 0 Å². The number of nitrogens with zero attached hydrogens (tertiary/aromatic N) is 2. The lowest BCUT2D eigenvalue weighted by Crippen LogP contribution is -1.94. The predicted octanol–water partition coefficient (Wildman–Crippen LogP) is 1.76. The Hall–Kier alpha value is -1.13. The molecule has 0 saturated carbocycles. The fraction of sp³-hybridized carbons (Fsp3) is 0.250. The van der Waals surface area contributed by atoms with Crippen molar-refractivity contribution >= 4 is 22.5 Å². The molecular weight excluding hydrogens is 190 g/mol. The molecule has 5 heteroatoms. The number of nitrogens with one attached hydrogen (secondary N) is 1. The third-order valence-corrected chi connectivity index (χ3v) is 1.95. The van der Waals surface area contributed by atoms with Crippen LogP contribution in [0.15, 0.2) is 12.3 Å². The van der Waals surface area contributed by atoms with Crippen molar-refractivity contribution in [1.82, 2.24) is 15.2 Å². The Labute approximate surface area is 79.9 Å². The van der Waals surface area contributed by atoms with E-state index in [-0.39, 0.29) is 0 Å². The molecule has 0 saturated heterocycles. The van der Waals surface area contributed by atoms with Gasteiger partial charge in [-0.05, 0) is 6.07 Å². The molecule has 4 nitrogen and oxygen atoms in total. The Bertz CT molecular complexity index is 426. The van der Waals surface area contributed by atoms with Crippen molar-refractivity contribution in [2.45, 2.75) is 6.61 Å². The smallest absolute Gasteiger partial charge is 0.130 e. The van der Waals surface area contributed by atoms with E-state index < -0.39 is 0 Å². The van der Waals surface area contributed by atoms with Crippen molar-refractivity contribution in [3.05, 3.63) is 23.1 Å². The van der Waals surface area contributed by atoms with Gasteiger partial charge in [0, 0.05) is 12.5 Å². The summed E-state index contributed by atoms with van der Waals surface area (Å²) in [5.74, 6) is 0. The predicted molar refractivity (Wildman–Crippen MR) is 49.6 cm³/mol. The van der Waals surface area contributed by atoms with Crippen LogP contribution in [0.4, 0.5) is 0 Å². The van der Waals surface area contributed by atoms with E-state index in [1.807, 2.05) is 0 Å². The highest BCUT2D eigenvalue weighted by atomic mass is 35.5. The van der Waals surface area contributed by atoms with Crippen LogP contribution < -0.4 is 0 Å². The number of rotatable bonds is 2. The van der Waals surface area contributed by atoms with Crippen LogP contribution in [0.3, 0.4) is 0 Å². The molecule has 0 amide bonds. The number of halogens is 1. The van der Waals surface area contributed by atoms with Crippen molar-refractivity contribution in [3.8, 4) is 0 Å². The van der Waals surface area contributed by atoms with Crippen molar-refractivity contribution in [2.75, 3.05) is 7.11 Å². The number of hydrogen-bond donors (Lipinski definition) is 1. The summed E-state index contributed by atoms with van der Waals surface area (Å²) in [5.41, 5.74) is 1.66. The number of ether oxygens (including phenoxy) is 1. The highest BCUT2D eigenvalue weighted by molar-refractivity contribution is 6.30. The van der Waals surface area contributed by atoms with Gasteiger partial charge in [-0.1, -0.05) is 11.6 Å². The third-order valence-electron chi connectivity index (χ3n) is 1.75. The van der Waals surface area contributed by atoms with E-state index in [1.54, 1.807) is 19.4 Å². The van der Waals surface area contributed by atoms with E-state index in [0.717, 1.165) is 16.6 Å². The van der Waals surface area contributed by atoms with Gasteiger partial charge in [-0.15, -0.1) is 0 Å². The second kappa shape index (κ2) is 3.32. The zero-order chi connectivity index (χ0) is 9.26. The summed E-state index contributed by atoms with van der Waals surface area (Å²) in [6.45, 7) is 0.430. The molecule has 2 rings (SSSR count). The largest absolute Gasteiger partial charge is 0.378 e. The standard InChI is InChI=1S/C8H8ClN3O/c1-13-4-6-8-5(3-10-12-8)2-7(9)11-6/h2-3H,4H2,1H3,(H,10,12). The summed E-state index contributed by atoms with van der Waals surface area (Å²) < 4.78 is 4.99. The summed E-state index contributed by atoms with van der Waals surface area (Å²) in [4.78, 5) is 4.13. The molecule has 0 aliphatic carbocycles. The molecule has 2 aromatic rings. The zero-order valence-electron chi connectivity index (χ0n) is 7.04. The van der Waals surface area contributed by atoms with Crippen LogP contribution in [0.5, 0.6) is 0 Å². The molecule has 13 heavy (non-hydrogen) atoms. The molecular formula is C8H8ClN3O. The van der Waals surface area contributed by atoms with Crippen molar-refractivity contribution < 1.29 is 4.74 Å². The number of aromatic amines is 1. The fourth-order valence-corrected chi connectivity index (χ4v) is 1.44. The number of pyridine rings is 1. The molecule has 68 valence electrons. The monoisotopic (exact) mass is 197 g/mol. The van der Waals surface area contributed by atoms with Crippen molar-refractivity contribution in [1.29, 1.82) is 0 Å². The molecule has 0 aliphatic heterocycles. The van der Waals surface area contributed by atoms with Gasteiger partial charge in [0.1, 0.15) is 5.15 Å². The van der Waals surface area contributed by atoms with Gasteiger partial charge in [0.05, 0.1) is 24.0 Å². The summed E-state index contributed by atoms with van der Waals surface area (Å²) in [7, 11) is 1.62. The number of aromatic nitrogens is 3. The number of methoxy groups -OCH3 is 1. The first-order valence-corrected chi connectivity index (χ1v) is 4.16. The molecule has 0 unspecified atom stereocenters. The zero-order valence-corrected chi connectivity index (χ0v) is 7.80. The molecule has 2 aromatic heterocycles.